The van der Waals surface area contributed by atoms with Crippen molar-refractivity contribution in [3.8, 4) is 0 Å². The molecule has 2 aromatic carbocycles. The van der Waals surface area contributed by atoms with Gasteiger partial charge in [0.25, 0.3) is 0 Å². The van der Waals surface area contributed by atoms with Crippen molar-refractivity contribution in [2.75, 3.05) is 19.5 Å². The number of hydrogen-bond donors (Lipinski definition) is 1. The van der Waals surface area contributed by atoms with Gasteiger partial charge in [0.05, 0.1) is 7.11 Å². The molecular weight excluding hydrogens is 288 g/mol. The Labute approximate surface area is 138 Å². The van der Waals surface area contributed by atoms with Gasteiger partial charge in [0.1, 0.15) is 0 Å². The number of anilines is 1. The lowest BCUT2D eigenvalue weighted by molar-refractivity contribution is -0.0598. The molecule has 2 aromatic rings. The lowest BCUT2D eigenvalue weighted by Gasteiger charge is -2.15. The topological polar surface area (TPSA) is 41.6 Å². The minimum atomic E-state index is -0.288. The van der Waals surface area contributed by atoms with Gasteiger partial charge in [-0.2, -0.15) is 0 Å². The third-order valence-corrected chi connectivity index (χ3v) is 3.79. The van der Waals surface area contributed by atoms with Crippen molar-refractivity contribution >= 4 is 11.7 Å². The van der Waals surface area contributed by atoms with Crippen LogP contribution >= 0.6 is 0 Å². The Hall–Kier alpha value is -2.33. The zero-order chi connectivity index (χ0) is 16.7. The van der Waals surface area contributed by atoms with E-state index >= 15 is 0 Å². The number of aryl methyl sites for hydroxylation is 3. The molecule has 0 unspecified atom stereocenters. The molecule has 0 fully saturated rings. The van der Waals surface area contributed by atoms with E-state index in [1.807, 2.05) is 18.2 Å². The Kier molecular flexibility index (Phi) is 6.18. The average Bonchev–Trinajstić information content (AvgIpc) is 2.56. The van der Waals surface area contributed by atoms with Gasteiger partial charge in [-0.25, -0.2) is 9.86 Å². The van der Waals surface area contributed by atoms with Gasteiger partial charge < -0.3 is 5.32 Å². The molecule has 23 heavy (non-hydrogen) atoms. The highest BCUT2D eigenvalue weighted by atomic mass is 16.7. The molecule has 4 heteroatoms. The van der Waals surface area contributed by atoms with Gasteiger partial charge in [-0.1, -0.05) is 42.0 Å². The van der Waals surface area contributed by atoms with E-state index in [1.165, 1.54) is 23.8 Å². The van der Waals surface area contributed by atoms with E-state index in [-0.39, 0.29) is 6.03 Å². The van der Waals surface area contributed by atoms with E-state index in [0.29, 0.717) is 0 Å². The second-order valence-corrected chi connectivity index (χ2v) is 5.65. The summed E-state index contributed by atoms with van der Waals surface area (Å²) in [5.41, 5.74) is 4.65. The number of rotatable bonds is 6. The molecule has 0 saturated carbocycles. The minimum Gasteiger partial charge on any atom is -0.306 e. The van der Waals surface area contributed by atoms with Crippen LogP contribution in [-0.4, -0.2) is 25.3 Å². The fraction of sp³-hybridized carbons (Fsp3) is 0.316. The first kappa shape index (κ1) is 17.0. The smallest absolute Gasteiger partial charge is 0.306 e. The third kappa shape index (κ3) is 5.42. The highest BCUT2D eigenvalue weighted by Gasteiger charge is 2.07. The Morgan fingerprint density at radius 3 is 2.48 bits per heavy atom. The van der Waals surface area contributed by atoms with Crippen molar-refractivity contribution in [2.24, 2.45) is 0 Å². The Bertz CT molecular complexity index is 638. The first-order valence-corrected chi connectivity index (χ1v) is 7.82. The minimum absolute atomic E-state index is 0.288. The first-order chi connectivity index (χ1) is 11.1. The monoisotopic (exact) mass is 312 g/mol. The maximum Gasteiger partial charge on any atom is 0.345 e. The van der Waals surface area contributed by atoms with E-state index in [4.69, 9.17) is 4.84 Å². The molecular formula is C19H24N2O2. The molecule has 0 atom stereocenters. The van der Waals surface area contributed by atoms with Crippen molar-refractivity contribution in [1.29, 1.82) is 0 Å². The summed E-state index contributed by atoms with van der Waals surface area (Å²) in [6, 6.07) is 16.3. The molecule has 0 aromatic heterocycles. The lowest BCUT2D eigenvalue weighted by atomic mass is 10.0. The standard InChI is InChI=1S/C19H24N2O2/c1-15-10-12-16(13-11-15)6-4-7-17-8-5-9-18(14-17)20-19(22)21(2)23-3/h5,8-14H,4,6-7H2,1-3H3,(H,20,22). The van der Waals surface area contributed by atoms with Crippen LogP contribution in [0.4, 0.5) is 10.5 Å². The summed E-state index contributed by atoms with van der Waals surface area (Å²) in [6.07, 6.45) is 3.12. The highest BCUT2D eigenvalue weighted by Crippen LogP contribution is 2.14. The third-order valence-electron chi connectivity index (χ3n) is 3.79. The van der Waals surface area contributed by atoms with Gasteiger partial charge in [0.15, 0.2) is 0 Å². The van der Waals surface area contributed by atoms with Crippen LogP contribution in [0.15, 0.2) is 48.5 Å². The quantitative estimate of drug-likeness (QED) is 0.812. The summed E-state index contributed by atoms with van der Waals surface area (Å²) >= 11 is 0. The van der Waals surface area contributed by atoms with E-state index < -0.39 is 0 Å². The van der Waals surface area contributed by atoms with Gasteiger partial charge in [-0.3, -0.25) is 4.84 Å². The zero-order valence-corrected chi connectivity index (χ0v) is 14.0. The van der Waals surface area contributed by atoms with Crippen molar-refractivity contribution < 1.29 is 9.63 Å². The summed E-state index contributed by atoms with van der Waals surface area (Å²) in [6.45, 7) is 2.10. The van der Waals surface area contributed by atoms with Gasteiger partial charge in [-0.05, 0) is 49.4 Å². The maximum atomic E-state index is 11.8. The number of hydrogen-bond acceptors (Lipinski definition) is 2. The second kappa shape index (κ2) is 8.34. The molecule has 2 amide bonds. The van der Waals surface area contributed by atoms with Crippen LogP contribution < -0.4 is 5.32 Å². The van der Waals surface area contributed by atoms with Gasteiger partial charge >= 0.3 is 6.03 Å². The Morgan fingerprint density at radius 2 is 1.78 bits per heavy atom. The molecule has 122 valence electrons. The lowest BCUT2D eigenvalue weighted by Crippen LogP contribution is -2.30. The maximum absolute atomic E-state index is 11.8. The van der Waals surface area contributed by atoms with E-state index in [1.54, 1.807) is 7.05 Å². The SMILES string of the molecule is CON(C)C(=O)Nc1cccc(CCCc2ccc(C)cc2)c1. The second-order valence-electron chi connectivity index (χ2n) is 5.65. The average molecular weight is 312 g/mol. The molecule has 0 radical (unpaired) electrons. The number of urea groups is 1. The van der Waals surface area contributed by atoms with Crippen molar-refractivity contribution in [3.63, 3.8) is 0 Å². The number of benzene rings is 2. The fourth-order valence-corrected chi connectivity index (χ4v) is 2.34. The summed E-state index contributed by atoms with van der Waals surface area (Å²) in [4.78, 5) is 16.6. The molecule has 0 heterocycles. The fourth-order valence-electron chi connectivity index (χ4n) is 2.34. The number of nitrogens with zero attached hydrogens (tertiary/aromatic N) is 1. The molecule has 1 N–H and O–H groups in total. The van der Waals surface area contributed by atoms with E-state index in [9.17, 15) is 4.79 Å². The van der Waals surface area contributed by atoms with Crippen molar-refractivity contribution in [1.82, 2.24) is 5.06 Å². The predicted octanol–water partition coefficient (Wildman–Crippen LogP) is 4.20. The van der Waals surface area contributed by atoms with Gasteiger partial charge in [0, 0.05) is 12.7 Å². The molecule has 0 aliphatic rings. The van der Waals surface area contributed by atoms with Crippen LogP contribution in [0.2, 0.25) is 0 Å². The van der Waals surface area contributed by atoms with Gasteiger partial charge in [0.2, 0.25) is 0 Å². The van der Waals surface area contributed by atoms with Crippen molar-refractivity contribution in [3.05, 3.63) is 65.2 Å². The van der Waals surface area contributed by atoms with E-state index in [0.717, 1.165) is 30.0 Å². The number of carbonyl (C=O) groups is 1. The normalized spacial score (nSPS) is 10.4. The molecule has 0 bridgehead atoms. The van der Waals surface area contributed by atoms with Crippen LogP contribution in [0.1, 0.15) is 23.1 Å². The molecule has 0 saturated heterocycles. The van der Waals surface area contributed by atoms with Crippen LogP contribution in [0.5, 0.6) is 0 Å². The van der Waals surface area contributed by atoms with Crippen LogP contribution in [0, 0.1) is 6.92 Å². The van der Waals surface area contributed by atoms with Gasteiger partial charge in [-0.15, -0.1) is 0 Å². The molecule has 0 aliphatic heterocycles. The summed E-state index contributed by atoms with van der Waals surface area (Å²) in [5, 5.41) is 3.97. The number of carbonyl (C=O) groups excluding carboxylic acids is 1. The Balaban J connectivity index is 1.87. The Morgan fingerprint density at radius 1 is 1.09 bits per heavy atom. The summed E-state index contributed by atoms with van der Waals surface area (Å²) in [5.74, 6) is 0. The largest absolute Gasteiger partial charge is 0.345 e. The van der Waals surface area contributed by atoms with Crippen LogP contribution in [0.25, 0.3) is 0 Å². The van der Waals surface area contributed by atoms with Crippen LogP contribution in [-0.2, 0) is 17.7 Å². The molecule has 0 spiro atoms. The number of nitrogens with one attached hydrogen (secondary N) is 1. The molecule has 0 aliphatic carbocycles. The molecule has 4 nitrogen and oxygen atoms in total. The predicted molar refractivity (Wildman–Crippen MR) is 93.4 cm³/mol. The summed E-state index contributed by atoms with van der Waals surface area (Å²) < 4.78 is 0. The number of amides is 2. The summed E-state index contributed by atoms with van der Waals surface area (Å²) in [7, 11) is 3.03. The van der Waals surface area contributed by atoms with E-state index in [2.05, 4.69) is 42.6 Å². The van der Waals surface area contributed by atoms with Crippen LogP contribution in [0.3, 0.4) is 0 Å². The first-order valence-electron chi connectivity index (χ1n) is 7.82. The van der Waals surface area contributed by atoms with Crippen molar-refractivity contribution in [2.45, 2.75) is 26.2 Å². The zero-order valence-electron chi connectivity index (χ0n) is 14.0. The molecule has 2 rings (SSSR count). The number of hydroxylamine groups is 2. The highest BCUT2D eigenvalue weighted by molar-refractivity contribution is 5.88.